The molecule has 13 nitrogen and oxygen atoms in total. The van der Waals surface area contributed by atoms with Crippen LogP contribution < -0.4 is 132 Å². The molecule has 0 amide bonds. The predicted molar refractivity (Wildman–Crippen MR) is 97.7 cm³/mol. The molecule has 0 spiro atoms. The van der Waals surface area contributed by atoms with Crippen LogP contribution in [-0.4, -0.2) is 33.1 Å². The summed E-state index contributed by atoms with van der Waals surface area (Å²) in [5.74, 6) is -4.47. The second kappa shape index (κ2) is 11.7. The minimum Gasteiger partial charge on any atom is -0.872 e. The summed E-state index contributed by atoms with van der Waals surface area (Å²) >= 11 is 0. The summed E-state index contributed by atoms with van der Waals surface area (Å²) in [6, 6.07) is 4.42. The van der Waals surface area contributed by atoms with Crippen LogP contribution in [-0.2, 0) is 20.8 Å². The smallest absolute Gasteiger partial charge is 0.872 e. The van der Waals surface area contributed by atoms with Crippen LogP contribution in [0.5, 0.6) is 28.7 Å². The zero-order chi connectivity index (χ0) is 23.1. The molecule has 0 saturated heterocycles. The molecular weight excluding hydrogens is 542 g/mol. The van der Waals surface area contributed by atoms with Crippen LogP contribution in [0.3, 0.4) is 0 Å². The van der Waals surface area contributed by atoms with E-state index in [1.807, 2.05) is 0 Å². The third kappa shape index (κ3) is 7.61. The van der Waals surface area contributed by atoms with E-state index >= 15 is 0 Å². The number of hydrogen-bond donors (Lipinski definition) is 2. The van der Waals surface area contributed by atoms with Gasteiger partial charge in [-0.1, -0.05) is 23.6 Å². The number of rotatable bonds is 6. The summed E-state index contributed by atoms with van der Waals surface area (Å²) in [5, 5.41) is 23.2. The van der Waals surface area contributed by atoms with Gasteiger partial charge in [-0.15, -0.1) is 0 Å². The van der Waals surface area contributed by atoms with E-state index in [0.717, 1.165) is 31.4 Å². The van der Waals surface area contributed by atoms with E-state index in [0.29, 0.717) is 6.07 Å². The van der Waals surface area contributed by atoms with Gasteiger partial charge in [-0.05, 0) is 12.1 Å². The molecule has 0 aliphatic rings. The van der Waals surface area contributed by atoms with Crippen LogP contribution in [0.4, 0.5) is 0 Å². The molecule has 3 rings (SSSR count). The van der Waals surface area contributed by atoms with Crippen molar-refractivity contribution in [1.82, 2.24) is 0 Å². The van der Waals surface area contributed by atoms with Crippen molar-refractivity contribution in [3.05, 3.63) is 40.6 Å². The predicted octanol–water partition coefficient (Wildman–Crippen LogP) is -6.01. The van der Waals surface area contributed by atoms with Gasteiger partial charge in [-0.25, -0.2) is 0 Å². The molecule has 0 radical (unpaired) electrons. The zero-order valence-electron chi connectivity index (χ0n) is 17.1. The van der Waals surface area contributed by atoms with Crippen LogP contribution in [0.25, 0.3) is 22.3 Å². The minimum atomic E-state index is -5.26. The molecule has 0 saturated carbocycles. The molecule has 1 aromatic heterocycles. The number of hydrogen-bond acceptors (Lipinski definition) is 11. The summed E-state index contributed by atoms with van der Waals surface area (Å²) in [6.45, 7) is 0. The molecule has 0 aliphatic heterocycles. The van der Waals surface area contributed by atoms with Gasteiger partial charge in [0.25, 0.3) is 0 Å². The molecule has 0 bridgehead atoms. The largest absolute Gasteiger partial charge is 1.00 e. The molecule has 0 atom stereocenters. The van der Waals surface area contributed by atoms with E-state index in [9.17, 15) is 31.8 Å². The van der Waals surface area contributed by atoms with Crippen molar-refractivity contribution in [1.29, 1.82) is 0 Å². The van der Waals surface area contributed by atoms with Gasteiger partial charge in [-0.3, -0.25) is 13.9 Å². The average Bonchev–Trinajstić information content (AvgIpc) is 2.61. The Hall–Kier alpha value is -0.257. The number of ether oxygens (including phenoxy) is 1. The molecule has 3 aromatic rings. The fraction of sp³-hybridized carbons (Fsp3) is 0.0625. The van der Waals surface area contributed by atoms with Gasteiger partial charge in [0.2, 0.25) is 11.2 Å². The quantitative estimate of drug-likeness (QED) is 0.215. The molecule has 166 valence electrons. The van der Waals surface area contributed by atoms with E-state index in [-0.39, 0.29) is 114 Å². The molecule has 0 unspecified atom stereocenters. The molecule has 17 heteroatoms. The summed E-state index contributed by atoms with van der Waals surface area (Å²) in [4.78, 5) is 12.8. The first-order valence-electron chi connectivity index (χ1n) is 7.80. The van der Waals surface area contributed by atoms with Crippen molar-refractivity contribution in [3.8, 4) is 40.1 Å². The maximum absolute atomic E-state index is 12.8. The van der Waals surface area contributed by atoms with Gasteiger partial charge < -0.3 is 27.7 Å². The monoisotopic (exact) mass is 552 g/mol. The van der Waals surface area contributed by atoms with Crippen molar-refractivity contribution < 1.29 is 156 Å². The van der Waals surface area contributed by atoms with E-state index in [2.05, 4.69) is 8.37 Å². The fourth-order valence-corrected chi connectivity index (χ4v) is 3.29. The maximum Gasteiger partial charge on any atom is 1.00 e. The topological polar surface area (TPSA) is 213 Å². The van der Waals surface area contributed by atoms with Crippen LogP contribution >= 0.6 is 0 Å². The first-order chi connectivity index (χ1) is 14.3. The van der Waals surface area contributed by atoms with Crippen LogP contribution in [0, 0.1) is 0 Å². The van der Waals surface area contributed by atoms with Gasteiger partial charge in [0, 0.05) is 11.6 Å². The summed E-state index contributed by atoms with van der Waals surface area (Å²) in [6.07, 6.45) is 0. The molecule has 2 N–H and O–H groups in total. The van der Waals surface area contributed by atoms with Gasteiger partial charge in [0.1, 0.15) is 17.1 Å². The molecule has 2 aromatic carbocycles. The van der Waals surface area contributed by atoms with Crippen LogP contribution in [0.1, 0.15) is 0 Å². The number of fused-ring (bicyclic) bond motifs is 1. The van der Waals surface area contributed by atoms with Crippen molar-refractivity contribution >= 4 is 31.8 Å². The third-order valence-corrected chi connectivity index (χ3v) is 4.49. The van der Waals surface area contributed by atoms with Crippen molar-refractivity contribution in [3.63, 3.8) is 0 Å². The van der Waals surface area contributed by atoms with Crippen molar-refractivity contribution in [2.75, 3.05) is 7.11 Å². The Bertz CT molecular complexity index is 1460. The zero-order valence-corrected chi connectivity index (χ0v) is 25.0. The Labute approximate surface area is 271 Å². The Balaban J connectivity index is 0.00000272. The van der Waals surface area contributed by atoms with E-state index in [4.69, 9.17) is 18.3 Å². The second-order valence-corrected chi connectivity index (χ2v) is 7.82. The average molecular weight is 553 g/mol. The normalized spacial score (nSPS) is 11.2. The van der Waals surface area contributed by atoms with E-state index < -0.39 is 66.0 Å². The molecule has 0 aliphatic carbocycles. The number of benzene rings is 2. The molecule has 33 heavy (non-hydrogen) atoms. The SMILES string of the molecule is COc1cc(-c2oc3cc(OS(=O)(=O)O)cc([O-])c3c(=O)c2OS(=O)(=O)O)ccc1[O-].[K+].[K+]. The molecular formula is C16H10K2O13S2. The maximum atomic E-state index is 12.8. The third-order valence-electron chi connectivity index (χ3n) is 3.71. The molecule has 0 fully saturated rings. The number of methoxy groups -OCH3 is 1. The van der Waals surface area contributed by atoms with Gasteiger partial charge in [0.05, 0.1) is 12.5 Å². The van der Waals surface area contributed by atoms with Gasteiger partial charge in [0.15, 0.2) is 5.76 Å². The van der Waals surface area contributed by atoms with Crippen LogP contribution in [0.2, 0.25) is 0 Å². The Morgan fingerprint density at radius 1 is 0.909 bits per heavy atom. The van der Waals surface area contributed by atoms with Crippen LogP contribution in [0.15, 0.2) is 39.5 Å². The van der Waals surface area contributed by atoms with Gasteiger partial charge in [-0.2, -0.15) is 16.8 Å². The van der Waals surface area contributed by atoms with Crippen molar-refractivity contribution in [2.24, 2.45) is 0 Å². The fourth-order valence-electron chi connectivity index (χ4n) is 2.59. The Morgan fingerprint density at radius 2 is 1.52 bits per heavy atom. The Kier molecular flexibility index (Phi) is 10.9. The Morgan fingerprint density at radius 3 is 2.06 bits per heavy atom. The van der Waals surface area contributed by atoms with Crippen molar-refractivity contribution in [2.45, 2.75) is 0 Å². The summed E-state index contributed by atoms with van der Waals surface area (Å²) in [7, 11) is -9.13. The van der Waals surface area contributed by atoms with Gasteiger partial charge >= 0.3 is 124 Å². The first-order valence-corrected chi connectivity index (χ1v) is 10.5. The minimum absolute atomic E-state index is 0. The standard InChI is InChI=1S/C16H12O13S2.2K/c1-26-11-4-7(2-3-9(11)17)15-16(29-31(23,24)25)14(19)13-10(18)5-8(6-12(13)27-15)28-30(20,21)22;;/h2-6,17-18H,1H3,(H,20,21,22)(H,23,24,25);;/q;2*+1/p-2. The van der Waals surface area contributed by atoms with E-state index in [1.165, 1.54) is 0 Å². The first kappa shape index (κ1) is 30.8. The molecule has 1 heterocycles. The summed E-state index contributed by atoms with van der Waals surface area (Å²) in [5.41, 5.74) is -2.07. The summed E-state index contributed by atoms with van der Waals surface area (Å²) < 4.78 is 80.7. The van der Waals surface area contributed by atoms with E-state index in [1.54, 1.807) is 0 Å². The second-order valence-electron chi connectivity index (χ2n) is 5.77.